The largest absolute Gasteiger partial charge is 0.359 e. The van der Waals surface area contributed by atoms with E-state index < -0.39 is 0 Å². The van der Waals surface area contributed by atoms with Crippen molar-refractivity contribution in [2.75, 3.05) is 16.1 Å². The Kier molecular flexibility index (Phi) is 7.07. The van der Waals surface area contributed by atoms with Crippen molar-refractivity contribution in [2.45, 2.75) is 38.1 Å². The number of anilines is 5. The molecule has 2 aromatic carbocycles. The average molecular weight is 435 g/mol. The summed E-state index contributed by atoms with van der Waals surface area (Å²) in [6.45, 7) is 0. The lowest BCUT2D eigenvalue weighted by molar-refractivity contribution is 0.412. The minimum atomic E-state index is 0.347. The number of benzene rings is 2. The summed E-state index contributed by atoms with van der Waals surface area (Å²) < 4.78 is 0. The second-order valence-electron chi connectivity index (χ2n) is 7.35. The molecule has 0 aliphatic heterocycles. The molecule has 5 N–H and O–H groups in total. The highest BCUT2D eigenvalue weighted by Gasteiger charge is 2.14. The van der Waals surface area contributed by atoms with Crippen LogP contribution in [0.4, 0.5) is 29.2 Å². The Morgan fingerprint density at radius 1 is 0.710 bits per heavy atom. The monoisotopic (exact) mass is 434 g/mol. The highest BCUT2D eigenvalue weighted by Crippen LogP contribution is 2.19. The number of hydrogen-bond acceptors (Lipinski definition) is 7. The number of rotatable bonds is 7. The Labute approximate surface area is 187 Å². The van der Waals surface area contributed by atoms with Gasteiger partial charge in [-0.25, -0.2) is 0 Å². The molecular weight excluding hydrogens is 408 g/mol. The summed E-state index contributed by atoms with van der Waals surface area (Å²) in [6.07, 6.45) is 6.07. The van der Waals surface area contributed by atoms with E-state index in [1.165, 1.54) is 19.3 Å². The van der Waals surface area contributed by atoms with E-state index in [1.54, 1.807) is 0 Å². The van der Waals surface area contributed by atoms with E-state index in [0.717, 1.165) is 24.2 Å². The second kappa shape index (κ2) is 10.5. The van der Waals surface area contributed by atoms with Gasteiger partial charge in [0.25, 0.3) is 0 Å². The van der Waals surface area contributed by atoms with Gasteiger partial charge < -0.3 is 16.0 Å². The molecule has 8 nitrogen and oxygen atoms in total. The van der Waals surface area contributed by atoms with Crippen LogP contribution in [0.15, 0.2) is 60.7 Å². The second-order valence-corrected chi connectivity index (χ2v) is 7.75. The van der Waals surface area contributed by atoms with E-state index in [1.807, 2.05) is 60.7 Å². The SMILES string of the molecule is S=C(NNc1nc(Nc2ccccc2)nc(Nc2ccccc2)n1)NC1CCCCC1. The van der Waals surface area contributed by atoms with Crippen LogP contribution in [0.1, 0.15) is 32.1 Å². The fraction of sp³-hybridized carbons (Fsp3) is 0.273. The quantitative estimate of drug-likeness (QED) is 0.272. The van der Waals surface area contributed by atoms with Gasteiger partial charge in [0, 0.05) is 17.4 Å². The first-order chi connectivity index (χ1) is 15.2. The van der Waals surface area contributed by atoms with Crippen molar-refractivity contribution in [1.29, 1.82) is 0 Å². The third-order valence-electron chi connectivity index (χ3n) is 4.92. The first-order valence-electron chi connectivity index (χ1n) is 10.5. The molecule has 1 aromatic heterocycles. The normalized spacial score (nSPS) is 13.8. The van der Waals surface area contributed by atoms with E-state index in [2.05, 4.69) is 41.8 Å². The van der Waals surface area contributed by atoms with Crippen LogP contribution in [-0.2, 0) is 0 Å². The Bertz CT molecular complexity index is 918. The van der Waals surface area contributed by atoms with Gasteiger partial charge in [-0.1, -0.05) is 55.7 Å². The third-order valence-corrected chi connectivity index (χ3v) is 5.14. The Balaban J connectivity index is 1.46. The van der Waals surface area contributed by atoms with Gasteiger partial charge in [0.05, 0.1) is 0 Å². The summed E-state index contributed by atoms with van der Waals surface area (Å²) in [6, 6.07) is 19.9. The maximum atomic E-state index is 5.42. The fourth-order valence-corrected chi connectivity index (χ4v) is 3.64. The van der Waals surface area contributed by atoms with Crippen LogP contribution in [0.5, 0.6) is 0 Å². The highest BCUT2D eigenvalue weighted by atomic mass is 32.1. The summed E-state index contributed by atoms with van der Waals surface area (Å²) >= 11 is 5.42. The maximum absolute atomic E-state index is 5.42. The Morgan fingerprint density at radius 3 is 1.77 bits per heavy atom. The van der Waals surface area contributed by atoms with Crippen molar-refractivity contribution in [3.05, 3.63) is 60.7 Å². The summed E-state index contributed by atoms with van der Waals surface area (Å²) in [4.78, 5) is 13.4. The van der Waals surface area contributed by atoms with Crippen molar-refractivity contribution >= 4 is 46.6 Å². The van der Waals surface area contributed by atoms with Gasteiger partial charge in [-0.05, 0) is 49.3 Å². The van der Waals surface area contributed by atoms with Gasteiger partial charge in [0.15, 0.2) is 5.11 Å². The smallest absolute Gasteiger partial charge is 0.248 e. The topological polar surface area (TPSA) is 98.8 Å². The third kappa shape index (κ3) is 6.51. The van der Waals surface area contributed by atoms with Gasteiger partial charge >= 0.3 is 0 Å². The van der Waals surface area contributed by atoms with Crippen molar-refractivity contribution in [1.82, 2.24) is 25.7 Å². The number of hydrazine groups is 1. The molecule has 9 heteroatoms. The van der Waals surface area contributed by atoms with Crippen LogP contribution >= 0.6 is 12.2 Å². The molecule has 0 amide bonds. The van der Waals surface area contributed by atoms with Crippen LogP contribution in [0.3, 0.4) is 0 Å². The zero-order chi connectivity index (χ0) is 21.3. The number of para-hydroxylation sites is 2. The van der Waals surface area contributed by atoms with Crippen LogP contribution in [0.2, 0.25) is 0 Å². The van der Waals surface area contributed by atoms with E-state index in [0.29, 0.717) is 29.0 Å². The van der Waals surface area contributed by atoms with Crippen LogP contribution < -0.4 is 26.8 Å². The molecule has 0 bridgehead atoms. The number of aromatic nitrogens is 3. The summed E-state index contributed by atoms with van der Waals surface area (Å²) in [7, 11) is 0. The van der Waals surface area contributed by atoms with Gasteiger partial charge in [-0.15, -0.1) is 0 Å². The van der Waals surface area contributed by atoms with Gasteiger partial charge in [-0.2, -0.15) is 15.0 Å². The van der Waals surface area contributed by atoms with Crippen molar-refractivity contribution in [2.24, 2.45) is 0 Å². The van der Waals surface area contributed by atoms with E-state index in [4.69, 9.17) is 12.2 Å². The summed E-state index contributed by atoms with van der Waals surface area (Å²) in [5, 5.41) is 10.3. The minimum Gasteiger partial charge on any atom is -0.359 e. The lowest BCUT2D eigenvalue weighted by Gasteiger charge is -2.24. The minimum absolute atomic E-state index is 0.347. The molecule has 31 heavy (non-hydrogen) atoms. The molecule has 0 unspecified atom stereocenters. The molecule has 1 aliphatic rings. The van der Waals surface area contributed by atoms with Gasteiger partial charge in [0.2, 0.25) is 17.8 Å². The number of nitrogens with one attached hydrogen (secondary N) is 5. The fourth-order valence-electron chi connectivity index (χ4n) is 3.43. The first kappa shape index (κ1) is 20.8. The lowest BCUT2D eigenvalue weighted by Crippen LogP contribution is -2.45. The average Bonchev–Trinajstić information content (AvgIpc) is 2.80. The molecule has 1 fully saturated rings. The van der Waals surface area contributed by atoms with Crippen LogP contribution in [0.25, 0.3) is 0 Å². The number of hydrogen-bond donors (Lipinski definition) is 5. The molecule has 4 rings (SSSR count). The zero-order valence-electron chi connectivity index (χ0n) is 17.1. The van der Waals surface area contributed by atoms with Gasteiger partial charge in [-0.3, -0.25) is 10.9 Å². The summed E-state index contributed by atoms with van der Waals surface area (Å²) in [5.41, 5.74) is 7.75. The molecule has 160 valence electrons. The highest BCUT2D eigenvalue weighted by molar-refractivity contribution is 7.80. The molecule has 1 saturated carbocycles. The van der Waals surface area contributed by atoms with E-state index >= 15 is 0 Å². The summed E-state index contributed by atoms with van der Waals surface area (Å²) in [5.74, 6) is 1.17. The molecular formula is C22H26N8S. The zero-order valence-corrected chi connectivity index (χ0v) is 18.0. The molecule has 0 radical (unpaired) electrons. The van der Waals surface area contributed by atoms with Crippen molar-refractivity contribution < 1.29 is 0 Å². The van der Waals surface area contributed by atoms with Gasteiger partial charge in [0.1, 0.15) is 0 Å². The maximum Gasteiger partial charge on any atom is 0.248 e. The van der Waals surface area contributed by atoms with E-state index in [9.17, 15) is 0 Å². The molecule has 3 aromatic rings. The van der Waals surface area contributed by atoms with Crippen molar-refractivity contribution in [3.8, 4) is 0 Å². The first-order valence-corrected chi connectivity index (χ1v) is 10.9. The van der Waals surface area contributed by atoms with Crippen molar-refractivity contribution in [3.63, 3.8) is 0 Å². The molecule has 1 aliphatic carbocycles. The predicted molar refractivity (Wildman–Crippen MR) is 129 cm³/mol. The Hall–Kier alpha value is -3.46. The standard InChI is InChI=1S/C22H26N8S/c31-22(25-18-14-8-3-9-15-18)30-29-21-27-19(23-16-10-4-1-5-11-16)26-20(28-21)24-17-12-6-2-7-13-17/h1-2,4-7,10-13,18H,3,8-9,14-15H2,(H2,25,30,31)(H3,23,24,26,27,28,29). The van der Waals surface area contributed by atoms with Crippen LogP contribution in [0, 0.1) is 0 Å². The molecule has 1 heterocycles. The number of nitrogens with zero attached hydrogens (tertiary/aromatic N) is 3. The molecule has 0 atom stereocenters. The molecule has 0 saturated heterocycles. The lowest BCUT2D eigenvalue weighted by atomic mass is 9.96. The number of thiocarbonyl (C=S) groups is 1. The molecule has 0 spiro atoms. The van der Waals surface area contributed by atoms with E-state index in [-0.39, 0.29) is 0 Å². The predicted octanol–water partition coefficient (Wildman–Crippen LogP) is 4.48. The van der Waals surface area contributed by atoms with Crippen LogP contribution in [-0.4, -0.2) is 26.1 Å². The Morgan fingerprint density at radius 2 is 1.23 bits per heavy atom.